The van der Waals surface area contributed by atoms with E-state index in [1.54, 1.807) is 12.4 Å². The summed E-state index contributed by atoms with van der Waals surface area (Å²) >= 11 is 0. The van der Waals surface area contributed by atoms with Crippen LogP contribution in [0.4, 0.5) is 0 Å². The third-order valence-corrected chi connectivity index (χ3v) is 1.14. The fraction of sp³-hybridized carbons (Fsp3) is 0.333. The maximum Gasteiger partial charge on any atom is 0.299 e. The average Bonchev–Trinajstić information content (AvgIpc) is 2.19. The van der Waals surface area contributed by atoms with E-state index < -0.39 is 5.97 Å². The fourth-order valence-corrected chi connectivity index (χ4v) is 0.493. The Morgan fingerprint density at radius 2 is 2.17 bits per heavy atom. The number of nitrogens with two attached hydrogens (primary N) is 2. The number of nitrogen functional groups attached to an aromatic ring is 2. The third kappa shape index (κ3) is 3.45. The van der Waals surface area contributed by atoms with Crippen molar-refractivity contribution in [2.45, 2.75) is 13.8 Å². The number of carbonyl (C=O) groups is 1. The van der Waals surface area contributed by atoms with E-state index in [9.17, 15) is 0 Å². The van der Waals surface area contributed by atoms with E-state index in [4.69, 9.17) is 21.6 Å². The van der Waals surface area contributed by atoms with Crippen LogP contribution in [0.1, 0.15) is 12.7 Å². The van der Waals surface area contributed by atoms with Gasteiger partial charge in [0.15, 0.2) is 12.4 Å². The first-order chi connectivity index (χ1) is 5.45. The van der Waals surface area contributed by atoms with Crippen LogP contribution in [0.3, 0.4) is 0 Å². The highest BCUT2D eigenvalue weighted by atomic mass is 16.4. The lowest BCUT2D eigenvalue weighted by molar-refractivity contribution is -0.644. The minimum Gasteiger partial charge on any atom is -0.550 e. The number of carboxylic acid groups (broad SMARTS) is 1. The van der Waals surface area contributed by atoms with E-state index in [-0.39, 0.29) is 0 Å². The highest BCUT2D eigenvalue weighted by molar-refractivity contribution is 5.60. The summed E-state index contributed by atoms with van der Waals surface area (Å²) in [6.45, 7) is 2.81. The van der Waals surface area contributed by atoms with E-state index in [2.05, 4.69) is 0 Å². The molecule has 68 valence electrons. The standard InChI is InChI=1S/C4H9N4.C2H4O2/c1-4-7(5)2-3-8(4)6;1-2(3)4/h2-3H,5-6H2,1H3;1H3,(H,3,4)/q+1;/p-1. The smallest absolute Gasteiger partial charge is 0.299 e. The van der Waals surface area contributed by atoms with Crippen LogP contribution in [0.15, 0.2) is 12.4 Å². The SMILES string of the molecule is CC(=O)[O-].Cc1n(N)cc[n+]1N. The topological polar surface area (TPSA) is 101 Å². The second-order valence-corrected chi connectivity index (χ2v) is 2.15. The molecular formula is C6H12N4O2. The van der Waals surface area contributed by atoms with Crippen LogP contribution < -0.4 is 21.5 Å². The van der Waals surface area contributed by atoms with Crippen molar-refractivity contribution in [1.29, 1.82) is 0 Å². The Morgan fingerprint density at radius 1 is 1.75 bits per heavy atom. The van der Waals surface area contributed by atoms with Gasteiger partial charge in [0.2, 0.25) is 0 Å². The maximum atomic E-state index is 8.89. The molecule has 1 rings (SSSR count). The first kappa shape index (κ1) is 10.3. The molecule has 0 radical (unpaired) electrons. The molecule has 0 saturated heterocycles. The molecule has 4 N–H and O–H groups in total. The van der Waals surface area contributed by atoms with Gasteiger partial charge in [-0.25, -0.2) is 0 Å². The van der Waals surface area contributed by atoms with Gasteiger partial charge in [0.05, 0.1) is 0 Å². The summed E-state index contributed by atoms with van der Waals surface area (Å²) in [5, 5.41) is 8.89. The summed E-state index contributed by atoms with van der Waals surface area (Å²) in [6.07, 6.45) is 3.38. The zero-order valence-corrected chi connectivity index (χ0v) is 7.02. The molecule has 0 amide bonds. The molecule has 0 aliphatic heterocycles. The number of hydrogen-bond acceptors (Lipinski definition) is 4. The Labute approximate surface area is 70.0 Å². The van der Waals surface area contributed by atoms with Gasteiger partial charge in [-0.15, -0.1) is 9.35 Å². The van der Waals surface area contributed by atoms with E-state index in [1.807, 2.05) is 6.92 Å². The monoisotopic (exact) mass is 172 g/mol. The number of carboxylic acids is 1. The van der Waals surface area contributed by atoms with Crippen LogP contribution in [0.25, 0.3) is 0 Å². The summed E-state index contributed by atoms with van der Waals surface area (Å²) < 4.78 is 2.92. The van der Waals surface area contributed by atoms with Crippen molar-refractivity contribution in [1.82, 2.24) is 4.68 Å². The van der Waals surface area contributed by atoms with Gasteiger partial charge >= 0.3 is 0 Å². The van der Waals surface area contributed by atoms with Gasteiger partial charge in [-0.1, -0.05) is 0 Å². The van der Waals surface area contributed by atoms with E-state index in [0.29, 0.717) is 0 Å². The van der Waals surface area contributed by atoms with Gasteiger partial charge in [0.1, 0.15) is 0 Å². The fourth-order valence-electron chi connectivity index (χ4n) is 0.493. The van der Waals surface area contributed by atoms with Crippen LogP contribution in [0, 0.1) is 6.92 Å². The molecule has 0 unspecified atom stereocenters. The molecule has 0 atom stereocenters. The van der Waals surface area contributed by atoms with E-state index >= 15 is 0 Å². The molecule has 0 spiro atoms. The third-order valence-electron chi connectivity index (χ3n) is 1.14. The Morgan fingerprint density at radius 3 is 2.25 bits per heavy atom. The second kappa shape index (κ2) is 4.22. The van der Waals surface area contributed by atoms with Crippen LogP contribution in [-0.4, -0.2) is 10.6 Å². The summed E-state index contributed by atoms with van der Waals surface area (Å²) in [5.41, 5.74) is 0. The summed E-state index contributed by atoms with van der Waals surface area (Å²) in [4.78, 5) is 8.89. The highest BCUT2D eigenvalue weighted by Gasteiger charge is 2.03. The molecule has 0 fully saturated rings. The van der Waals surface area contributed by atoms with E-state index in [1.165, 1.54) is 9.35 Å². The van der Waals surface area contributed by atoms with Gasteiger partial charge in [-0.05, 0) is 6.92 Å². The van der Waals surface area contributed by atoms with Crippen molar-refractivity contribution in [3.8, 4) is 0 Å². The van der Waals surface area contributed by atoms with Crippen LogP contribution in [0.5, 0.6) is 0 Å². The Hall–Kier alpha value is -1.72. The zero-order chi connectivity index (χ0) is 9.72. The molecule has 1 aromatic rings. The molecular weight excluding hydrogens is 160 g/mol. The number of imidazole rings is 1. The van der Waals surface area contributed by atoms with Crippen molar-refractivity contribution in [2.24, 2.45) is 0 Å². The predicted molar refractivity (Wildman–Crippen MR) is 40.3 cm³/mol. The molecule has 6 nitrogen and oxygen atoms in total. The summed E-state index contributed by atoms with van der Waals surface area (Å²) in [5.74, 6) is 10.5. The molecule has 0 aliphatic carbocycles. The van der Waals surface area contributed by atoms with Crippen molar-refractivity contribution in [3.05, 3.63) is 18.2 Å². The first-order valence-electron chi connectivity index (χ1n) is 3.22. The molecule has 6 heteroatoms. The first-order valence-corrected chi connectivity index (χ1v) is 3.22. The molecule has 0 aliphatic rings. The molecule has 0 saturated carbocycles. The van der Waals surface area contributed by atoms with Crippen LogP contribution >= 0.6 is 0 Å². The number of hydrogen-bond donors (Lipinski definition) is 2. The van der Waals surface area contributed by atoms with Crippen molar-refractivity contribution >= 4 is 5.97 Å². The number of nitrogens with zero attached hydrogens (tertiary/aromatic N) is 2. The lowest BCUT2D eigenvalue weighted by atomic mass is 10.7. The molecule has 12 heavy (non-hydrogen) atoms. The number of aromatic nitrogens is 2. The van der Waals surface area contributed by atoms with Crippen LogP contribution in [-0.2, 0) is 4.79 Å². The minimum absolute atomic E-state index is 0.824. The Bertz CT molecular complexity index is 245. The normalized spacial score (nSPS) is 8.50. The van der Waals surface area contributed by atoms with Crippen molar-refractivity contribution in [2.75, 3.05) is 11.7 Å². The maximum absolute atomic E-state index is 8.89. The van der Waals surface area contributed by atoms with Gasteiger partial charge in [-0.2, -0.15) is 0 Å². The average molecular weight is 172 g/mol. The van der Waals surface area contributed by atoms with Crippen LogP contribution in [0.2, 0.25) is 0 Å². The summed E-state index contributed by atoms with van der Waals surface area (Å²) in [7, 11) is 0. The van der Waals surface area contributed by atoms with Crippen molar-refractivity contribution < 1.29 is 14.6 Å². The van der Waals surface area contributed by atoms with Crippen molar-refractivity contribution in [3.63, 3.8) is 0 Å². The minimum atomic E-state index is -1.08. The Balaban J connectivity index is 0.000000261. The van der Waals surface area contributed by atoms with Gasteiger partial charge in [0, 0.05) is 12.9 Å². The molecule has 0 bridgehead atoms. The highest BCUT2D eigenvalue weighted by Crippen LogP contribution is 1.79. The van der Waals surface area contributed by atoms with Gasteiger partial charge in [0.25, 0.3) is 5.82 Å². The van der Waals surface area contributed by atoms with Gasteiger partial charge < -0.3 is 9.90 Å². The predicted octanol–water partition coefficient (Wildman–Crippen LogP) is -2.73. The zero-order valence-electron chi connectivity index (χ0n) is 7.02. The second-order valence-electron chi connectivity index (χ2n) is 2.15. The largest absolute Gasteiger partial charge is 0.550 e. The van der Waals surface area contributed by atoms with E-state index in [0.717, 1.165) is 12.7 Å². The molecule has 0 aromatic carbocycles. The quantitative estimate of drug-likeness (QED) is 0.327. The molecule has 1 aromatic heterocycles. The number of rotatable bonds is 0. The lowest BCUT2D eigenvalue weighted by Gasteiger charge is -1.84. The number of aliphatic carboxylic acids is 1. The molecule has 1 heterocycles. The Kier molecular flexibility index (Phi) is 3.61. The lowest BCUT2D eigenvalue weighted by Crippen LogP contribution is -2.46. The van der Waals surface area contributed by atoms with Gasteiger partial charge in [-0.3, -0.25) is 11.7 Å². The number of carbonyl (C=O) groups excluding carboxylic acids is 1. The summed E-state index contributed by atoms with van der Waals surface area (Å²) in [6, 6.07) is 0.